The Balaban J connectivity index is 0.822. The molecule has 0 unspecified atom stereocenters. The first-order valence-corrected chi connectivity index (χ1v) is 25.8. The molecule has 1 fully saturated rings. The molecule has 23 nitrogen and oxygen atoms in total. The second kappa shape index (κ2) is 24.3. The van der Waals surface area contributed by atoms with Gasteiger partial charge in [-0.05, 0) is 67.3 Å². The summed E-state index contributed by atoms with van der Waals surface area (Å²) in [6.07, 6.45) is 2.93. The lowest BCUT2D eigenvalue weighted by atomic mass is 9.81. The van der Waals surface area contributed by atoms with Crippen LogP contribution in [0.2, 0.25) is 0 Å². The predicted molar refractivity (Wildman–Crippen MR) is 272 cm³/mol. The minimum Gasteiger partial charge on any atom is -0.457 e. The van der Waals surface area contributed by atoms with Gasteiger partial charge in [-0.3, -0.25) is 52.8 Å². The number of rotatable bonds is 23. The number of ether oxygens (including phenoxy) is 3. The summed E-state index contributed by atoms with van der Waals surface area (Å²) < 4.78 is 33.4. The topological polar surface area (TPSA) is 309 Å². The Morgan fingerprint density at radius 3 is 2.27 bits per heavy atom. The summed E-state index contributed by atoms with van der Waals surface area (Å²) in [5, 5.41) is 16.0. The van der Waals surface area contributed by atoms with Gasteiger partial charge in [0.25, 0.3) is 5.56 Å². The first-order valence-electron chi connectivity index (χ1n) is 25.8. The number of amides is 8. The number of nitrogens with one attached hydrogen (secondary N) is 6. The quantitative estimate of drug-likeness (QED) is 0.0231. The molecule has 8 amide bonds. The molecule has 412 valence electrons. The number of cyclic esters (lactones) is 1. The minimum atomic E-state index is -1.88. The normalized spacial score (nSPS) is 17.3. The van der Waals surface area contributed by atoms with Crippen LogP contribution in [0.25, 0.3) is 22.3 Å². The maximum Gasteiger partial charge on any atom is 0.355 e. The number of fused-ring (bicyclic) bond motifs is 5. The van der Waals surface area contributed by atoms with Crippen LogP contribution in [-0.4, -0.2) is 119 Å². The van der Waals surface area contributed by atoms with E-state index in [0.29, 0.717) is 88.8 Å². The van der Waals surface area contributed by atoms with E-state index in [4.69, 9.17) is 19.2 Å². The van der Waals surface area contributed by atoms with Crippen LogP contribution in [0, 0.1) is 12.7 Å². The van der Waals surface area contributed by atoms with Crippen LogP contribution < -0.4 is 37.5 Å². The number of pyridine rings is 2. The number of halogens is 1. The van der Waals surface area contributed by atoms with Crippen LogP contribution in [0.4, 0.5) is 4.39 Å². The highest BCUT2D eigenvalue weighted by Crippen LogP contribution is 2.46. The van der Waals surface area contributed by atoms with Gasteiger partial charge in [-0.15, -0.1) is 0 Å². The van der Waals surface area contributed by atoms with E-state index in [-0.39, 0.29) is 68.2 Å². The molecule has 2 aromatic heterocycles. The molecule has 0 radical (unpaired) electrons. The molecule has 78 heavy (non-hydrogen) atoms. The van der Waals surface area contributed by atoms with Crippen molar-refractivity contribution in [2.24, 2.45) is 0 Å². The molecule has 5 heterocycles. The Hall–Kier alpha value is -8.41. The summed E-state index contributed by atoms with van der Waals surface area (Å²) in [6, 6.07) is 9.82. The number of imide groups is 1. The Kier molecular flexibility index (Phi) is 17.4. The fraction of sp³-hybridized carbons (Fsp3) is 0.444. The second-order valence-corrected chi connectivity index (χ2v) is 19.5. The highest BCUT2D eigenvalue weighted by atomic mass is 19.1. The molecule has 3 aliphatic heterocycles. The predicted octanol–water partition coefficient (Wildman–Crippen LogP) is 1.08. The zero-order chi connectivity index (χ0) is 55.8. The van der Waals surface area contributed by atoms with Crippen molar-refractivity contribution in [3.05, 3.63) is 97.6 Å². The molecule has 3 atom stereocenters. The highest BCUT2D eigenvalue weighted by Gasteiger charge is 2.50. The SMILES string of the molecule is CC[C@@]1(OC(C)=O)C(=O)OCc2c1cc1n(c2=O)Cc2c-1nc1cc(F)c(C)c3c1c2[C@@H](NC(=O)COCNC(=O)CNC(=O)[C@H](Cc1ccccc1)NC(=O)CNC(=O)CNC(=O)CCCCCN1C(=O)CCC1=O)CC3. The van der Waals surface area contributed by atoms with Crippen LogP contribution >= 0.6 is 0 Å². The van der Waals surface area contributed by atoms with Crippen molar-refractivity contribution >= 4 is 70.1 Å². The van der Waals surface area contributed by atoms with E-state index in [9.17, 15) is 52.7 Å². The summed E-state index contributed by atoms with van der Waals surface area (Å²) >= 11 is 0. The first-order chi connectivity index (χ1) is 37.4. The van der Waals surface area contributed by atoms with Crippen LogP contribution in [-0.2, 0) is 93.8 Å². The van der Waals surface area contributed by atoms with Crippen LogP contribution in [0.1, 0.15) is 110 Å². The van der Waals surface area contributed by atoms with Gasteiger partial charge in [0.2, 0.25) is 52.9 Å². The van der Waals surface area contributed by atoms with E-state index < -0.39 is 109 Å². The van der Waals surface area contributed by atoms with Crippen LogP contribution in [0.3, 0.4) is 0 Å². The minimum absolute atomic E-state index is 0.0222. The highest BCUT2D eigenvalue weighted by molar-refractivity contribution is 6.02. The lowest BCUT2D eigenvalue weighted by Crippen LogP contribution is -2.52. The Labute approximate surface area is 446 Å². The van der Waals surface area contributed by atoms with E-state index in [0.717, 1.165) is 6.92 Å². The molecule has 0 bridgehead atoms. The molecule has 1 saturated heterocycles. The number of hydrogen-bond acceptors (Lipinski definition) is 15. The molecular formula is C54H60FN9O14. The number of aryl methyl sites for hydroxylation is 1. The maximum atomic E-state index is 15.5. The maximum absolute atomic E-state index is 15.5. The van der Waals surface area contributed by atoms with Crippen molar-refractivity contribution in [2.45, 2.75) is 116 Å². The van der Waals surface area contributed by atoms with Gasteiger partial charge in [0, 0.05) is 61.7 Å². The van der Waals surface area contributed by atoms with Gasteiger partial charge < -0.3 is 50.7 Å². The zero-order valence-corrected chi connectivity index (χ0v) is 43.4. The number of benzene rings is 2. The summed E-state index contributed by atoms with van der Waals surface area (Å²) in [4.78, 5) is 147. The largest absolute Gasteiger partial charge is 0.457 e. The molecule has 8 rings (SSSR count). The van der Waals surface area contributed by atoms with Crippen molar-refractivity contribution < 1.29 is 66.5 Å². The van der Waals surface area contributed by atoms with Gasteiger partial charge >= 0.3 is 11.9 Å². The molecule has 2 aromatic carbocycles. The number of carbonyl (C=O) groups is 10. The molecule has 4 aliphatic rings. The molecule has 24 heteroatoms. The average molecular weight is 1080 g/mol. The Bertz CT molecular complexity index is 3170. The van der Waals surface area contributed by atoms with Gasteiger partial charge in [-0.2, -0.15) is 0 Å². The number of esters is 2. The molecule has 0 spiro atoms. The Morgan fingerprint density at radius 2 is 1.54 bits per heavy atom. The lowest BCUT2D eigenvalue weighted by molar-refractivity contribution is -0.188. The fourth-order valence-electron chi connectivity index (χ4n) is 10.4. The van der Waals surface area contributed by atoms with Gasteiger partial charge in [0.15, 0.2) is 0 Å². The first kappa shape index (κ1) is 55.8. The smallest absolute Gasteiger partial charge is 0.355 e. The molecule has 0 saturated carbocycles. The number of carbonyl (C=O) groups excluding carboxylic acids is 10. The third-order valence-electron chi connectivity index (χ3n) is 14.3. The van der Waals surface area contributed by atoms with Crippen molar-refractivity contribution in [1.82, 2.24) is 46.4 Å². The monoisotopic (exact) mass is 1080 g/mol. The van der Waals surface area contributed by atoms with Crippen molar-refractivity contribution in [3.8, 4) is 11.4 Å². The van der Waals surface area contributed by atoms with Crippen molar-refractivity contribution in [1.29, 1.82) is 0 Å². The van der Waals surface area contributed by atoms with Gasteiger partial charge in [0.05, 0.1) is 54.7 Å². The fourth-order valence-corrected chi connectivity index (χ4v) is 10.4. The standard InChI is InChI=1S/C54H60FN9O14/c1-4-54(78-30(3)65)35-20-40-50-33(25-64(40)52(74)34(35)26-77-53(54)75)49-37(15-14-32-29(2)36(55)21-38(62-50)48(32)49)60-45(70)27-76-28-59-43(68)23-58-51(73)39(19-31-11-7-5-8-12-31)61-44(69)24-57-42(67)22-56-41(66)13-9-6-10-18-63-46(71)16-17-47(63)72/h5,7-8,11-12,20-21,37,39H,4,6,9-10,13-19,22-28H2,1-3H3,(H,56,66)(H,57,67)(H,58,73)(H,59,68)(H,60,70)(H,61,69)/t37-,39-,54-/m0/s1. The molecule has 4 aromatic rings. The number of likely N-dealkylation sites (tertiary alicyclic amines) is 1. The Morgan fingerprint density at radius 1 is 0.833 bits per heavy atom. The van der Waals surface area contributed by atoms with E-state index in [1.807, 2.05) is 0 Å². The van der Waals surface area contributed by atoms with E-state index in [2.05, 4.69) is 31.9 Å². The van der Waals surface area contributed by atoms with Gasteiger partial charge in [-0.1, -0.05) is 43.7 Å². The average Bonchev–Trinajstić information content (AvgIpc) is 3.99. The summed E-state index contributed by atoms with van der Waals surface area (Å²) in [5.74, 6) is -6.16. The van der Waals surface area contributed by atoms with Gasteiger partial charge in [0.1, 0.15) is 31.8 Å². The summed E-state index contributed by atoms with van der Waals surface area (Å²) in [6.45, 7) is 2.04. The number of unbranched alkanes of at least 4 members (excludes halogenated alkanes) is 2. The lowest BCUT2D eigenvalue weighted by Gasteiger charge is -2.35. The third kappa shape index (κ3) is 12.2. The summed E-state index contributed by atoms with van der Waals surface area (Å²) in [5.41, 5.74) is 1.94. The summed E-state index contributed by atoms with van der Waals surface area (Å²) in [7, 11) is 0. The number of aromatic nitrogens is 2. The number of hydrogen-bond donors (Lipinski definition) is 6. The van der Waals surface area contributed by atoms with Crippen LogP contribution in [0.15, 0.2) is 47.3 Å². The van der Waals surface area contributed by atoms with E-state index in [1.54, 1.807) is 50.2 Å². The zero-order valence-electron chi connectivity index (χ0n) is 43.4. The van der Waals surface area contributed by atoms with Crippen LogP contribution in [0.5, 0.6) is 0 Å². The van der Waals surface area contributed by atoms with E-state index in [1.165, 1.54) is 15.5 Å². The molecule has 6 N–H and O–H groups in total. The third-order valence-corrected chi connectivity index (χ3v) is 14.3. The van der Waals surface area contributed by atoms with E-state index >= 15 is 4.39 Å². The molecule has 1 aliphatic carbocycles. The molecular weight excluding hydrogens is 1020 g/mol. The van der Waals surface area contributed by atoms with Crippen molar-refractivity contribution in [2.75, 3.05) is 39.5 Å². The number of nitrogens with zero attached hydrogens (tertiary/aromatic N) is 3. The van der Waals surface area contributed by atoms with Gasteiger partial charge in [-0.25, -0.2) is 14.2 Å². The second-order valence-electron chi connectivity index (χ2n) is 19.5. The van der Waals surface area contributed by atoms with Crippen molar-refractivity contribution in [3.63, 3.8) is 0 Å².